The van der Waals surface area contributed by atoms with Crippen LogP contribution in [0, 0.1) is 0 Å². The van der Waals surface area contributed by atoms with Crippen molar-refractivity contribution in [3.8, 4) is 11.5 Å². The van der Waals surface area contributed by atoms with E-state index in [9.17, 15) is 9.59 Å². The number of carbonyl (C=O) groups excluding carboxylic acids is 2. The molecule has 0 aliphatic rings. The van der Waals surface area contributed by atoms with Crippen LogP contribution in [-0.2, 0) is 0 Å². The summed E-state index contributed by atoms with van der Waals surface area (Å²) in [5, 5.41) is 5.04. The van der Waals surface area contributed by atoms with Crippen molar-refractivity contribution in [2.75, 3.05) is 5.32 Å². The van der Waals surface area contributed by atoms with Gasteiger partial charge in [0.25, 0.3) is 5.91 Å². The Bertz CT molecular complexity index is 1220. The molecule has 5 nitrogen and oxygen atoms in total. The highest BCUT2D eigenvalue weighted by Crippen LogP contribution is 2.45. The minimum atomic E-state index is -0.931. The SMILES string of the molecule is O=C(NC(=O)c1c(Cl)cccc1Cl)Nc1c(Cl)cc(Oc2ccc(Cl)cc2Br)c(Cl)c1Cl. The van der Waals surface area contributed by atoms with E-state index in [1.54, 1.807) is 24.3 Å². The molecule has 0 saturated carbocycles. The van der Waals surface area contributed by atoms with Crippen LogP contribution in [0.4, 0.5) is 10.5 Å². The fourth-order valence-corrected chi connectivity index (χ4v) is 4.52. The van der Waals surface area contributed by atoms with Crippen molar-refractivity contribution < 1.29 is 14.3 Å². The molecule has 0 aliphatic heterocycles. The predicted octanol–water partition coefficient (Wildman–Crippen LogP) is 9.12. The van der Waals surface area contributed by atoms with E-state index in [0.717, 1.165) is 0 Å². The molecule has 0 atom stereocenters. The van der Waals surface area contributed by atoms with Crippen molar-refractivity contribution in [1.82, 2.24) is 5.32 Å². The van der Waals surface area contributed by atoms with E-state index in [0.29, 0.717) is 15.2 Å². The first kappa shape index (κ1) is 25.2. The number of hydrogen-bond donors (Lipinski definition) is 2. The molecule has 0 aliphatic carbocycles. The Hall–Kier alpha value is -1.38. The van der Waals surface area contributed by atoms with Gasteiger partial charge in [-0.25, -0.2) is 4.79 Å². The van der Waals surface area contributed by atoms with Gasteiger partial charge in [0.2, 0.25) is 0 Å². The average molecular weight is 618 g/mol. The van der Waals surface area contributed by atoms with Crippen molar-refractivity contribution >= 4 is 103 Å². The van der Waals surface area contributed by atoms with Gasteiger partial charge in [-0.3, -0.25) is 10.1 Å². The zero-order valence-corrected chi connectivity index (χ0v) is 21.5. The summed E-state index contributed by atoms with van der Waals surface area (Å²) >= 11 is 40.1. The van der Waals surface area contributed by atoms with Gasteiger partial charge in [-0.1, -0.05) is 75.7 Å². The molecular weight excluding hydrogens is 609 g/mol. The maximum absolute atomic E-state index is 12.4. The molecule has 0 aromatic heterocycles. The summed E-state index contributed by atoms with van der Waals surface area (Å²) in [7, 11) is 0. The maximum Gasteiger partial charge on any atom is 0.326 e. The van der Waals surface area contributed by atoms with Crippen molar-refractivity contribution in [1.29, 1.82) is 0 Å². The van der Waals surface area contributed by atoms with E-state index in [-0.39, 0.29) is 42.1 Å². The number of ether oxygens (including phenoxy) is 1. The number of amides is 3. The summed E-state index contributed by atoms with van der Waals surface area (Å²) in [6.07, 6.45) is 0. The first-order valence-corrected chi connectivity index (χ1v) is 11.5. The molecule has 0 radical (unpaired) electrons. The molecule has 12 heteroatoms. The highest BCUT2D eigenvalue weighted by Gasteiger charge is 2.21. The number of benzene rings is 3. The molecule has 0 bridgehead atoms. The number of halogens is 7. The molecule has 166 valence electrons. The number of anilines is 1. The summed E-state index contributed by atoms with van der Waals surface area (Å²) in [5.74, 6) is -0.275. The second-order valence-electron chi connectivity index (χ2n) is 6.04. The standard InChI is InChI=1S/C20H9BrCl6N2O3/c21-9-6-8(22)4-5-13(9)32-14-7-12(25)18(17(27)16(14)26)28-20(31)29-19(30)15-10(23)2-1-3-11(15)24/h1-7H,(H2,28,29,30,31). The second-order valence-corrected chi connectivity index (χ2v) is 9.31. The molecule has 3 rings (SSSR count). The first-order valence-electron chi connectivity index (χ1n) is 8.45. The van der Waals surface area contributed by atoms with Gasteiger partial charge in [-0.2, -0.15) is 0 Å². The van der Waals surface area contributed by atoms with Crippen LogP contribution in [0.25, 0.3) is 0 Å². The molecule has 0 fully saturated rings. The number of nitrogens with one attached hydrogen (secondary N) is 2. The normalized spacial score (nSPS) is 10.6. The van der Waals surface area contributed by atoms with E-state index >= 15 is 0 Å². The van der Waals surface area contributed by atoms with Crippen molar-refractivity contribution in [3.05, 3.63) is 82.6 Å². The Kier molecular flexibility index (Phi) is 8.44. The predicted molar refractivity (Wildman–Crippen MR) is 134 cm³/mol. The molecule has 3 aromatic carbocycles. The monoisotopic (exact) mass is 614 g/mol. The van der Waals surface area contributed by atoms with Gasteiger partial charge in [-0.15, -0.1) is 0 Å². The van der Waals surface area contributed by atoms with E-state index in [1.165, 1.54) is 18.2 Å². The van der Waals surface area contributed by atoms with Crippen LogP contribution < -0.4 is 15.4 Å². The average Bonchev–Trinajstić information content (AvgIpc) is 2.71. The second kappa shape index (κ2) is 10.7. The maximum atomic E-state index is 12.4. The highest BCUT2D eigenvalue weighted by atomic mass is 79.9. The van der Waals surface area contributed by atoms with Gasteiger partial charge < -0.3 is 10.1 Å². The molecule has 0 heterocycles. The molecule has 3 aromatic rings. The van der Waals surface area contributed by atoms with Crippen LogP contribution in [0.5, 0.6) is 11.5 Å². The van der Waals surface area contributed by atoms with Crippen LogP contribution in [0.3, 0.4) is 0 Å². The number of hydrogen-bond acceptors (Lipinski definition) is 3. The van der Waals surface area contributed by atoms with Crippen LogP contribution in [0.2, 0.25) is 30.1 Å². The summed E-state index contributed by atoms with van der Waals surface area (Å²) in [5.41, 5.74) is -0.0880. The van der Waals surface area contributed by atoms with Crippen LogP contribution >= 0.6 is 85.5 Å². The Morgan fingerprint density at radius 2 is 1.47 bits per heavy atom. The first-order chi connectivity index (χ1) is 15.1. The Balaban J connectivity index is 1.81. The molecular formula is C20H9BrCl6N2O3. The van der Waals surface area contributed by atoms with Crippen molar-refractivity contribution in [2.24, 2.45) is 0 Å². The Morgan fingerprint density at radius 3 is 2.09 bits per heavy atom. The topological polar surface area (TPSA) is 67.4 Å². The number of carbonyl (C=O) groups is 2. The Morgan fingerprint density at radius 1 is 0.812 bits per heavy atom. The van der Waals surface area contributed by atoms with Crippen LogP contribution in [0.15, 0.2) is 46.9 Å². The number of urea groups is 1. The fraction of sp³-hybridized carbons (Fsp3) is 0. The third kappa shape index (κ3) is 5.75. The van der Waals surface area contributed by atoms with E-state index in [2.05, 4.69) is 26.6 Å². The van der Waals surface area contributed by atoms with E-state index in [4.69, 9.17) is 74.3 Å². The lowest BCUT2D eigenvalue weighted by Crippen LogP contribution is -2.34. The fourth-order valence-electron chi connectivity index (χ4n) is 2.46. The molecule has 0 saturated heterocycles. The van der Waals surface area contributed by atoms with E-state index in [1.807, 2.05) is 0 Å². The summed E-state index contributed by atoms with van der Waals surface area (Å²) in [6, 6.07) is 9.80. The van der Waals surface area contributed by atoms with Gasteiger partial charge in [0, 0.05) is 11.1 Å². The smallest absolute Gasteiger partial charge is 0.326 e. The lowest BCUT2D eigenvalue weighted by Gasteiger charge is -2.15. The van der Waals surface area contributed by atoms with Gasteiger partial charge in [0.1, 0.15) is 16.5 Å². The third-order valence-electron chi connectivity index (χ3n) is 3.89. The largest absolute Gasteiger partial charge is 0.454 e. The van der Waals surface area contributed by atoms with Gasteiger partial charge in [0.05, 0.1) is 35.8 Å². The van der Waals surface area contributed by atoms with Crippen molar-refractivity contribution in [2.45, 2.75) is 0 Å². The summed E-state index contributed by atoms with van der Waals surface area (Å²) in [4.78, 5) is 24.7. The van der Waals surface area contributed by atoms with Gasteiger partial charge >= 0.3 is 6.03 Å². The Labute approximate surface area is 220 Å². The van der Waals surface area contributed by atoms with E-state index < -0.39 is 11.9 Å². The lowest BCUT2D eigenvalue weighted by atomic mass is 10.2. The number of imide groups is 1. The minimum Gasteiger partial charge on any atom is -0.454 e. The molecule has 3 amide bonds. The number of rotatable bonds is 4. The van der Waals surface area contributed by atoms with Gasteiger partial charge in [-0.05, 0) is 46.3 Å². The van der Waals surface area contributed by atoms with Crippen LogP contribution in [-0.4, -0.2) is 11.9 Å². The molecule has 32 heavy (non-hydrogen) atoms. The minimum absolute atomic E-state index is 0.0119. The summed E-state index contributed by atoms with van der Waals surface area (Å²) in [6.45, 7) is 0. The quantitative estimate of drug-likeness (QED) is 0.287. The third-order valence-corrected chi connectivity index (χ3v) is 6.53. The zero-order valence-electron chi connectivity index (χ0n) is 15.4. The molecule has 2 N–H and O–H groups in total. The summed E-state index contributed by atoms with van der Waals surface area (Å²) < 4.78 is 6.32. The van der Waals surface area contributed by atoms with Crippen molar-refractivity contribution in [3.63, 3.8) is 0 Å². The lowest BCUT2D eigenvalue weighted by molar-refractivity contribution is 0.0967. The van der Waals surface area contributed by atoms with Crippen LogP contribution in [0.1, 0.15) is 10.4 Å². The molecule has 0 spiro atoms. The van der Waals surface area contributed by atoms with Gasteiger partial charge in [0.15, 0.2) is 0 Å². The molecule has 0 unspecified atom stereocenters. The zero-order chi connectivity index (χ0) is 23.6. The highest BCUT2D eigenvalue weighted by molar-refractivity contribution is 9.10.